The molecule has 1 amide bonds. The lowest BCUT2D eigenvalue weighted by Crippen LogP contribution is -2.16. The van der Waals surface area contributed by atoms with Crippen LogP contribution in [0.4, 0.5) is 27.6 Å². The van der Waals surface area contributed by atoms with E-state index in [0.29, 0.717) is 0 Å². The van der Waals surface area contributed by atoms with Crippen molar-refractivity contribution < 1.29 is 26.7 Å². The maximum Gasteiger partial charge on any atom is 0.256 e. The summed E-state index contributed by atoms with van der Waals surface area (Å²) >= 11 is 3.10. The number of thiophene rings is 1. The number of carbonyl (C=O) groups is 1. The second kappa shape index (κ2) is 5.64. The molecular formula is C11H3F5INOS. The van der Waals surface area contributed by atoms with E-state index in [1.165, 1.54) is 22.8 Å². The van der Waals surface area contributed by atoms with E-state index in [1.54, 1.807) is 5.32 Å². The molecule has 0 fully saturated rings. The number of halogens is 6. The van der Waals surface area contributed by atoms with E-state index in [2.05, 4.69) is 0 Å². The van der Waals surface area contributed by atoms with Crippen LogP contribution in [0.1, 0.15) is 10.4 Å². The summed E-state index contributed by atoms with van der Waals surface area (Å²) in [4.78, 5) is 11.7. The topological polar surface area (TPSA) is 29.1 Å². The van der Waals surface area contributed by atoms with E-state index >= 15 is 0 Å². The minimum absolute atomic E-state index is 0.0586. The largest absolute Gasteiger partial charge is 0.317 e. The number of hydrogen-bond acceptors (Lipinski definition) is 2. The standard InChI is InChI=1S/C11H3F5INOS/c12-5-6(13)8(15)10(9(16)7(5)14)18-11(19)3-1-4(17)20-2-3/h1-2H,(H,18,19). The van der Waals surface area contributed by atoms with E-state index in [-0.39, 0.29) is 5.56 Å². The molecule has 1 aromatic heterocycles. The molecule has 0 bridgehead atoms. The molecule has 0 spiro atoms. The van der Waals surface area contributed by atoms with Gasteiger partial charge in [-0.1, -0.05) is 0 Å². The maximum atomic E-state index is 13.3. The van der Waals surface area contributed by atoms with E-state index in [9.17, 15) is 26.7 Å². The zero-order chi connectivity index (χ0) is 15.0. The number of anilines is 1. The first-order valence-electron chi connectivity index (χ1n) is 4.89. The summed E-state index contributed by atoms with van der Waals surface area (Å²) in [5.41, 5.74) is -1.31. The number of benzene rings is 1. The van der Waals surface area contributed by atoms with Gasteiger partial charge in [0.05, 0.1) is 8.45 Å². The summed E-state index contributed by atoms with van der Waals surface area (Å²) in [5.74, 6) is -11.6. The average Bonchev–Trinajstić information content (AvgIpc) is 2.85. The summed E-state index contributed by atoms with van der Waals surface area (Å²) < 4.78 is 66.1. The summed E-state index contributed by atoms with van der Waals surface area (Å²) in [7, 11) is 0. The highest BCUT2D eigenvalue weighted by atomic mass is 127. The quantitative estimate of drug-likeness (QED) is 0.335. The minimum atomic E-state index is -2.27. The lowest BCUT2D eigenvalue weighted by atomic mass is 10.2. The molecule has 0 aliphatic rings. The summed E-state index contributed by atoms with van der Waals surface area (Å²) in [6, 6.07) is 1.41. The number of carbonyl (C=O) groups excluding carboxylic acids is 1. The fourth-order valence-electron chi connectivity index (χ4n) is 1.33. The van der Waals surface area contributed by atoms with Gasteiger partial charge in [0.25, 0.3) is 5.91 Å². The molecule has 1 heterocycles. The molecule has 20 heavy (non-hydrogen) atoms. The van der Waals surface area contributed by atoms with Gasteiger partial charge in [0.15, 0.2) is 23.3 Å². The molecule has 0 aliphatic carbocycles. The van der Waals surface area contributed by atoms with Crippen LogP contribution in [0, 0.1) is 32.0 Å². The van der Waals surface area contributed by atoms with Gasteiger partial charge in [0.2, 0.25) is 5.82 Å². The molecule has 0 radical (unpaired) electrons. The first-order valence-corrected chi connectivity index (χ1v) is 6.85. The normalized spacial score (nSPS) is 10.7. The molecule has 2 rings (SSSR count). The van der Waals surface area contributed by atoms with E-state index in [1.807, 2.05) is 22.6 Å². The third-order valence-corrected chi connectivity index (χ3v) is 4.07. The van der Waals surface area contributed by atoms with Crippen LogP contribution in [-0.2, 0) is 0 Å². The molecular weight excluding hydrogens is 416 g/mol. The van der Waals surface area contributed by atoms with Crippen molar-refractivity contribution in [1.29, 1.82) is 0 Å². The summed E-state index contributed by atoms with van der Waals surface area (Å²) in [6.45, 7) is 0. The lowest BCUT2D eigenvalue weighted by molar-refractivity contribution is 0.102. The van der Waals surface area contributed by atoms with Crippen LogP contribution in [0.15, 0.2) is 11.4 Å². The van der Waals surface area contributed by atoms with Gasteiger partial charge in [0, 0.05) is 5.38 Å². The Morgan fingerprint density at radius 1 is 1.00 bits per heavy atom. The smallest absolute Gasteiger partial charge is 0.256 e. The Labute approximate surface area is 126 Å². The summed E-state index contributed by atoms with van der Waals surface area (Å²) in [6.07, 6.45) is 0. The van der Waals surface area contributed by atoms with Crippen LogP contribution in [0.2, 0.25) is 0 Å². The van der Waals surface area contributed by atoms with Crippen LogP contribution in [0.5, 0.6) is 0 Å². The first kappa shape index (κ1) is 15.2. The Bertz CT molecular complexity index is 673. The lowest BCUT2D eigenvalue weighted by Gasteiger charge is -2.09. The molecule has 0 saturated carbocycles. The van der Waals surface area contributed by atoms with Gasteiger partial charge >= 0.3 is 0 Å². The maximum absolute atomic E-state index is 13.3. The number of amides is 1. The summed E-state index contributed by atoms with van der Waals surface area (Å²) in [5, 5.41) is 3.08. The fourth-order valence-corrected chi connectivity index (χ4v) is 2.66. The molecule has 0 atom stereocenters. The van der Waals surface area contributed by atoms with Crippen molar-refractivity contribution >= 4 is 45.5 Å². The van der Waals surface area contributed by atoms with Gasteiger partial charge in [-0.3, -0.25) is 4.79 Å². The van der Waals surface area contributed by atoms with Gasteiger partial charge in [-0.05, 0) is 28.7 Å². The molecule has 1 aromatic carbocycles. The zero-order valence-electron chi connectivity index (χ0n) is 9.24. The Morgan fingerprint density at radius 2 is 1.50 bits per heavy atom. The predicted molar refractivity (Wildman–Crippen MR) is 71.2 cm³/mol. The van der Waals surface area contributed by atoms with Crippen molar-refractivity contribution in [2.45, 2.75) is 0 Å². The minimum Gasteiger partial charge on any atom is -0.317 e. The van der Waals surface area contributed by atoms with Crippen LogP contribution < -0.4 is 5.32 Å². The molecule has 2 aromatic rings. The molecule has 0 saturated heterocycles. The average molecular weight is 419 g/mol. The van der Waals surface area contributed by atoms with Crippen molar-refractivity contribution in [1.82, 2.24) is 0 Å². The Kier molecular flexibility index (Phi) is 4.28. The monoisotopic (exact) mass is 419 g/mol. The highest BCUT2D eigenvalue weighted by Crippen LogP contribution is 2.28. The Hall–Kier alpha value is -1.23. The Morgan fingerprint density at radius 3 is 1.95 bits per heavy atom. The van der Waals surface area contributed by atoms with Gasteiger partial charge in [-0.25, -0.2) is 22.0 Å². The van der Waals surface area contributed by atoms with Gasteiger partial charge in [-0.15, -0.1) is 11.3 Å². The van der Waals surface area contributed by atoms with Crippen molar-refractivity contribution in [3.63, 3.8) is 0 Å². The number of nitrogens with one attached hydrogen (secondary N) is 1. The molecule has 0 aliphatic heterocycles. The van der Waals surface area contributed by atoms with E-state index < -0.39 is 40.7 Å². The second-order valence-electron chi connectivity index (χ2n) is 3.54. The molecule has 2 nitrogen and oxygen atoms in total. The molecule has 0 unspecified atom stereocenters. The second-order valence-corrected chi connectivity index (χ2v) is 6.34. The Balaban J connectivity index is 2.42. The van der Waals surface area contributed by atoms with Crippen LogP contribution in [0.3, 0.4) is 0 Å². The van der Waals surface area contributed by atoms with Gasteiger partial charge in [0.1, 0.15) is 5.69 Å². The van der Waals surface area contributed by atoms with Crippen molar-refractivity contribution in [3.05, 3.63) is 49.0 Å². The molecule has 9 heteroatoms. The van der Waals surface area contributed by atoms with E-state index in [4.69, 9.17) is 0 Å². The molecule has 106 valence electrons. The van der Waals surface area contributed by atoms with Crippen molar-refractivity contribution in [3.8, 4) is 0 Å². The van der Waals surface area contributed by atoms with Gasteiger partial charge < -0.3 is 5.32 Å². The van der Waals surface area contributed by atoms with Crippen LogP contribution >= 0.6 is 33.9 Å². The third-order valence-electron chi connectivity index (χ3n) is 2.28. The van der Waals surface area contributed by atoms with Crippen molar-refractivity contribution in [2.24, 2.45) is 0 Å². The van der Waals surface area contributed by atoms with Gasteiger partial charge in [-0.2, -0.15) is 0 Å². The number of rotatable bonds is 2. The third kappa shape index (κ3) is 2.64. The first-order chi connectivity index (χ1) is 9.32. The predicted octanol–water partition coefficient (Wildman–Crippen LogP) is 4.30. The highest BCUT2D eigenvalue weighted by molar-refractivity contribution is 14.1. The van der Waals surface area contributed by atoms with Crippen LogP contribution in [-0.4, -0.2) is 5.91 Å². The molecule has 1 N–H and O–H groups in total. The highest BCUT2D eigenvalue weighted by Gasteiger charge is 2.27. The zero-order valence-corrected chi connectivity index (χ0v) is 12.2. The van der Waals surface area contributed by atoms with E-state index in [0.717, 1.165) is 2.88 Å². The van der Waals surface area contributed by atoms with Crippen molar-refractivity contribution in [2.75, 3.05) is 5.32 Å². The fraction of sp³-hybridized carbons (Fsp3) is 0. The SMILES string of the molecule is O=C(Nc1c(F)c(F)c(F)c(F)c1F)c1csc(I)c1. The van der Waals surface area contributed by atoms with Crippen LogP contribution in [0.25, 0.3) is 0 Å². The number of hydrogen-bond donors (Lipinski definition) is 1.